The smallest absolute Gasteiger partial charge is 0.320 e. The Morgan fingerprint density at radius 3 is 2.38 bits per heavy atom. The molecular formula is C23H21ClFN3O3S. The van der Waals surface area contributed by atoms with Crippen molar-refractivity contribution < 1.29 is 17.6 Å². The van der Waals surface area contributed by atoms with Gasteiger partial charge in [0.25, 0.3) is 10.0 Å². The van der Waals surface area contributed by atoms with E-state index in [1.165, 1.54) is 36.4 Å². The molecule has 0 radical (unpaired) electrons. The number of halogens is 2. The molecule has 9 heteroatoms. The number of sulfonamides is 1. The second kappa shape index (κ2) is 9.18. The van der Waals surface area contributed by atoms with Crippen LogP contribution in [0.2, 0.25) is 5.02 Å². The molecule has 0 aromatic heterocycles. The van der Waals surface area contributed by atoms with E-state index in [0.717, 1.165) is 12.0 Å². The molecule has 6 nitrogen and oxygen atoms in total. The maximum Gasteiger partial charge on any atom is 0.324 e. The summed E-state index contributed by atoms with van der Waals surface area (Å²) in [7, 11) is -3.75. The lowest BCUT2D eigenvalue weighted by Crippen LogP contribution is -2.49. The zero-order chi connectivity index (χ0) is 22.7. The summed E-state index contributed by atoms with van der Waals surface area (Å²) in [5.74, 6) is -0.333. The van der Waals surface area contributed by atoms with Gasteiger partial charge in [0.2, 0.25) is 0 Å². The molecule has 4 rings (SSSR count). The van der Waals surface area contributed by atoms with Crippen LogP contribution in [0.25, 0.3) is 0 Å². The molecule has 1 aliphatic heterocycles. The van der Waals surface area contributed by atoms with Gasteiger partial charge in [0, 0.05) is 36.0 Å². The fourth-order valence-corrected chi connectivity index (χ4v) is 4.75. The van der Waals surface area contributed by atoms with Gasteiger partial charge in [0.15, 0.2) is 0 Å². The van der Waals surface area contributed by atoms with Crippen molar-refractivity contribution in [2.75, 3.05) is 22.7 Å². The standard InChI is InChI=1S/C23H21ClFN3O3S/c24-18-5-11-22(12-6-18)32(30,31)26-20-7-9-21(10-8-20)28-14-2-13-27(23(28)29)16-17-3-1-4-19(25)15-17/h1,3-12,15,26H,2,13-14,16H2. The Morgan fingerprint density at radius 2 is 1.69 bits per heavy atom. The van der Waals surface area contributed by atoms with E-state index in [0.29, 0.717) is 36.0 Å². The van der Waals surface area contributed by atoms with Crippen molar-refractivity contribution in [3.63, 3.8) is 0 Å². The zero-order valence-electron chi connectivity index (χ0n) is 17.0. The summed E-state index contributed by atoms with van der Waals surface area (Å²) in [6, 6.07) is 18.5. The third-order valence-corrected chi connectivity index (χ3v) is 6.78. The molecule has 3 aromatic rings. The van der Waals surface area contributed by atoms with E-state index in [9.17, 15) is 17.6 Å². The Labute approximate surface area is 191 Å². The van der Waals surface area contributed by atoms with Crippen LogP contribution in [0.5, 0.6) is 0 Å². The molecule has 32 heavy (non-hydrogen) atoms. The number of nitrogens with zero attached hydrogens (tertiary/aromatic N) is 2. The summed E-state index contributed by atoms with van der Waals surface area (Å²) >= 11 is 5.82. The summed E-state index contributed by atoms with van der Waals surface area (Å²) in [6.07, 6.45) is 0.770. The summed E-state index contributed by atoms with van der Waals surface area (Å²) in [4.78, 5) is 16.4. The molecule has 0 aliphatic carbocycles. The van der Waals surface area contributed by atoms with Gasteiger partial charge in [-0.1, -0.05) is 23.7 Å². The van der Waals surface area contributed by atoms with Gasteiger partial charge in [-0.25, -0.2) is 17.6 Å². The molecule has 2 amide bonds. The molecule has 0 spiro atoms. The number of benzene rings is 3. The van der Waals surface area contributed by atoms with Crippen LogP contribution in [0.15, 0.2) is 77.7 Å². The second-order valence-electron chi connectivity index (χ2n) is 7.45. The number of rotatable bonds is 6. The quantitative estimate of drug-likeness (QED) is 0.540. The molecule has 0 unspecified atom stereocenters. The number of hydrogen-bond acceptors (Lipinski definition) is 3. The third-order valence-electron chi connectivity index (χ3n) is 5.13. The highest BCUT2D eigenvalue weighted by Crippen LogP contribution is 2.25. The Kier molecular flexibility index (Phi) is 6.34. The van der Waals surface area contributed by atoms with Crippen molar-refractivity contribution in [1.29, 1.82) is 0 Å². The molecule has 1 N–H and O–H groups in total. The van der Waals surface area contributed by atoms with Crippen molar-refractivity contribution in [2.45, 2.75) is 17.9 Å². The highest BCUT2D eigenvalue weighted by atomic mass is 35.5. The minimum absolute atomic E-state index is 0.102. The van der Waals surface area contributed by atoms with E-state index in [4.69, 9.17) is 11.6 Å². The highest BCUT2D eigenvalue weighted by Gasteiger charge is 2.27. The minimum atomic E-state index is -3.75. The number of carbonyl (C=O) groups excluding carboxylic acids is 1. The minimum Gasteiger partial charge on any atom is -0.320 e. The van der Waals surface area contributed by atoms with Gasteiger partial charge in [0.1, 0.15) is 5.82 Å². The largest absolute Gasteiger partial charge is 0.324 e. The Morgan fingerprint density at radius 1 is 0.969 bits per heavy atom. The van der Waals surface area contributed by atoms with Crippen LogP contribution in [0.1, 0.15) is 12.0 Å². The first-order valence-corrected chi connectivity index (χ1v) is 11.9. The highest BCUT2D eigenvalue weighted by molar-refractivity contribution is 7.92. The monoisotopic (exact) mass is 473 g/mol. The van der Waals surface area contributed by atoms with E-state index in [1.54, 1.807) is 46.2 Å². The molecule has 0 bridgehead atoms. The van der Waals surface area contributed by atoms with Gasteiger partial charge in [-0.3, -0.25) is 9.62 Å². The van der Waals surface area contributed by atoms with Gasteiger partial charge in [-0.2, -0.15) is 0 Å². The lowest BCUT2D eigenvalue weighted by atomic mass is 10.1. The van der Waals surface area contributed by atoms with Crippen LogP contribution < -0.4 is 9.62 Å². The van der Waals surface area contributed by atoms with Crippen molar-refractivity contribution in [3.8, 4) is 0 Å². The van der Waals surface area contributed by atoms with Crippen LogP contribution in [-0.4, -0.2) is 32.4 Å². The van der Waals surface area contributed by atoms with E-state index >= 15 is 0 Å². The van der Waals surface area contributed by atoms with Crippen molar-refractivity contribution in [2.24, 2.45) is 0 Å². The van der Waals surface area contributed by atoms with Crippen LogP contribution in [-0.2, 0) is 16.6 Å². The Hall–Kier alpha value is -3.10. The maximum atomic E-state index is 13.5. The third kappa shape index (κ3) is 5.03. The van der Waals surface area contributed by atoms with Crippen molar-refractivity contribution >= 4 is 39.0 Å². The first kappa shape index (κ1) is 22.1. The lowest BCUT2D eigenvalue weighted by molar-refractivity contribution is 0.192. The summed E-state index contributed by atoms with van der Waals surface area (Å²) in [5, 5.41) is 0.450. The Balaban J connectivity index is 1.46. The second-order valence-corrected chi connectivity index (χ2v) is 9.56. The molecule has 3 aromatic carbocycles. The zero-order valence-corrected chi connectivity index (χ0v) is 18.6. The van der Waals surface area contributed by atoms with E-state index in [-0.39, 0.29) is 16.7 Å². The first-order chi connectivity index (χ1) is 15.3. The van der Waals surface area contributed by atoms with E-state index in [2.05, 4.69) is 4.72 Å². The Bertz CT molecular complexity index is 1220. The maximum absolute atomic E-state index is 13.5. The summed E-state index contributed by atoms with van der Waals surface area (Å²) in [6.45, 7) is 1.46. The fraction of sp³-hybridized carbons (Fsp3) is 0.174. The molecule has 1 aliphatic rings. The van der Waals surface area contributed by atoms with Gasteiger partial charge >= 0.3 is 6.03 Å². The van der Waals surface area contributed by atoms with Gasteiger partial charge in [0.05, 0.1) is 4.90 Å². The first-order valence-electron chi connectivity index (χ1n) is 10.0. The van der Waals surface area contributed by atoms with Crippen LogP contribution in [0, 0.1) is 5.82 Å². The number of nitrogens with one attached hydrogen (secondary N) is 1. The molecule has 1 fully saturated rings. The average molecular weight is 474 g/mol. The van der Waals surface area contributed by atoms with E-state index in [1.807, 2.05) is 0 Å². The van der Waals surface area contributed by atoms with Crippen molar-refractivity contribution in [3.05, 3.63) is 89.2 Å². The lowest BCUT2D eigenvalue weighted by Gasteiger charge is -2.35. The van der Waals surface area contributed by atoms with E-state index < -0.39 is 10.0 Å². The van der Waals surface area contributed by atoms with Crippen LogP contribution in [0.4, 0.5) is 20.6 Å². The number of anilines is 2. The molecule has 1 heterocycles. The topological polar surface area (TPSA) is 69.7 Å². The molecular weight excluding hydrogens is 453 g/mol. The predicted octanol–water partition coefficient (Wildman–Crippen LogP) is 5.11. The molecule has 1 saturated heterocycles. The fourth-order valence-electron chi connectivity index (χ4n) is 3.56. The predicted molar refractivity (Wildman–Crippen MR) is 123 cm³/mol. The van der Waals surface area contributed by atoms with Crippen molar-refractivity contribution in [1.82, 2.24) is 4.90 Å². The SMILES string of the molecule is O=C1N(Cc2cccc(F)c2)CCCN1c1ccc(NS(=O)(=O)c2ccc(Cl)cc2)cc1. The summed E-state index contributed by atoms with van der Waals surface area (Å²) < 4.78 is 41.1. The molecule has 166 valence electrons. The van der Waals surface area contributed by atoms with Crippen LogP contribution >= 0.6 is 11.6 Å². The van der Waals surface area contributed by atoms with Gasteiger partial charge in [-0.05, 0) is 72.6 Å². The summed E-state index contributed by atoms with van der Waals surface area (Å²) in [5.41, 5.74) is 1.77. The number of hydrogen-bond donors (Lipinski definition) is 1. The van der Waals surface area contributed by atoms with Gasteiger partial charge in [-0.15, -0.1) is 0 Å². The van der Waals surface area contributed by atoms with Gasteiger partial charge < -0.3 is 4.90 Å². The molecule has 0 saturated carbocycles. The molecule has 0 atom stereocenters. The number of carbonyl (C=O) groups is 1. The number of amides is 2. The normalized spacial score (nSPS) is 14.5. The van der Waals surface area contributed by atoms with Crippen LogP contribution in [0.3, 0.4) is 0 Å². The number of urea groups is 1. The average Bonchev–Trinajstić information content (AvgIpc) is 2.76.